The lowest BCUT2D eigenvalue weighted by molar-refractivity contribution is -0.0398. The first-order valence-corrected chi connectivity index (χ1v) is 15.2. The van der Waals surface area contributed by atoms with Crippen LogP contribution in [-0.2, 0) is 14.7 Å². The van der Waals surface area contributed by atoms with E-state index >= 15 is 0 Å². The summed E-state index contributed by atoms with van der Waals surface area (Å²) in [5, 5.41) is 5.39. The van der Waals surface area contributed by atoms with Crippen LogP contribution in [0.3, 0.4) is 0 Å². The second-order valence-corrected chi connectivity index (χ2v) is 14.5. The summed E-state index contributed by atoms with van der Waals surface area (Å²) in [6.07, 6.45) is 7.11. The lowest BCUT2D eigenvalue weighted by atomic mass is 9.43. The van der Waals surface area contributed by atoms with Gasteiger partial charge in [0.25, 0.3) is 0 Å². The maximum atomic E-state index is 6.45. The number of hydrogen-bond acceptors (Lipinski definition) is 2. The van der Waals surface area contributed by atoms with Crippen molar-refractivity contribution < 1.29 is 9.31 Å². The Labute approximate surface area is 232 Å². The molecule has 1 heterocycles. The van der Waals surface area contributed by atoms with Crippen LogP contribution in [0.2, 0.25) is 0 Å². The van der Waals surface area contributed by atoms with Crippen molar-refractivity contribution in [2.24, 2.45) is 23.7 Å². The van der Waals surface area contributed by atoms with Gasteiger partial charge >= 0.3 is 7.12 Å². The van der Waals surface area contributed by atoms with Gasteiger partial charge in [-0.2, -0.15) is 0 Å². The average Bonchev–Trinajstić information content (AvgIpc) is 3.29. The van der Waals surface area contributed by atoms with Gasteiger partial charge in [-0.15, -0.1) is 0 Å². The molecule has 4 bridgehead atoms. The van der Waals surface area contributed by atoms with Gasteiger partial charge in [0.05, 0.1) is 11.2 Å². The minimum atomic E-state index is -0.335. The molecule has 4 aromatic carbocycles. The van der Waals surface area contributed by atoms with Gasteiger partial charge in [0.1, 0.15) is 0 Å². The molecular weight excluding hydrogens is 475 g/mol. The lowest BCUT2D eigenvalue weighted by Gasteiger charge is -2.61. The van der Waals surface area contributed by atoms with Crippen LogP contribution < -0.4 is 5.46 Å². The van der Waals surface area contributed by atoms with E-state index in [1.165, 1.54) is 64.8 Å². The maximum Gasteiger partial charge on any atom is 0.494 e. The van der Waals surface area contributed by atoms with E-state index in [1.54, 1.807) is 11.1 Å². The van der Waals surface area contributed by atoms with Gasteiger partial charge in [-0.3, -0.25) is 0 Å². The van der Waals surface area contributed by atoms with Crippen LogP contribution in [0.5, 0.6) is 0 Å². The minimum absolute atomic E-state index is 0.163. The van der Waals surface area contributed by atoms with Gasteiger partial charge in [-0.1, -0.05) is 42.5 Å². The molecule has 196 valence electrons. The molecular formula is C36H37BO2. The Hall–Kier alpha value is -2.62. The monoisotopic (exact) mass is 512 g/mol. The molecule has 5 fully saturated rings. The first kappa shape index (κ1) is 23.1. The van der Waals surface area contributed by atoms with Crippen molar-refractivity contribution in [3.8, 4) is 11.1 Å². The van der Waals surface area contributed by atoms with Crippen molar-refractivity contribution in [3.05, 3.63) is 77.9 Å². The van der Waals surface area contributed by atoms with E-state index in [2.05, 4.69) is 94.4 Å². The molecule has 0 radical (unpaired) electrons. The largest absolute Gasteiger partial charge is 0.494 e. The van der Waals surface area contributed by atoms with Gasteiger partial charge in [0.15, 0.2) is 0 Å². The molecule has 3 heteroatoms. The smallest absolute Gasteiger partial charge is 0.399 e. The van der Waals surface area contributed by atoms with Crippen LogP contribution in [0.25, 0.3) is 32.7 Å². The van der Waals surface area contributed by atoms with E-state index in [9.17, 15) is 0 Å². The quantitative estimate of drug-likeness (QED) is 0.241. The molecule has 0 unspecified atom stereocenters. The molecule has 1 aliphatic heterocycles. The summed E-state index contributed by atoms with van der Waals surface area (Å²) in [6, 6.07) is 26.0. The Morgan fingerprint density at radius 2 is 1.10 bits per heavy atom. The number of hydrogen-bond donors (Lipinski definition) is 0. The summed E-state index contributed by atoms with van der Waals surface area (Å²) in [7, 11) is -0.328. The molecule has 1 saturated heterocycles. The Morgan fingerprint density at radius 3 is 1.69 bits per heavy atom. The fraction of sp³-hybridized carbons (Fsp3) is 0.444. The van der Waals surface area contributed by atoms with Crippen molar-refractivity contribution in [1.82, 2.24) is 0 Å². The molecule has 0 aromatic heterocycles. The standard InChI is InChI=1S/C36H37BO2/c1-34(2)35(3,4)39-37(38-34)29-10-9-25-18-31-30-17-23-7-5-6-8-24(23)19-32(30)36(33(31)20-26(25)16-29)27-12-21-11-22(14-27)15-28(36)13-21/h5-10,16-22,27-28H,11-15H2,1-4H3. The summed E-state index contributed by atoms with van der Waals surface area (Å²) in [5.41, 5.74) is 6.84. The van der Waals surface area contributed by atoms with E-state index < -0.39 is 0 Å². The highest BCUT2D eigenvalue weighted by molar-refractivity contribution is 6.62. The topological polar surface area (TPSA) is 18.5 Å². The molecule has 0 N–H and O–H groups in total. The molecule has 0 atom stereocenters. The molecule has 4 aromatic rings. The normalized spacial score (nSPS) is 32.9. The number of fused-ring (bicyclic) bond motifs is 5. The van der Waals surface area contributed by atoms with Crippen molar-refractivity contribution in [2.75, 3.05) is 0 Å². The van der Waals surface area contributed by atoms with Crippen molar-refractivity contribution in [3.63, 3.8) is 0 Å². The van der Waals surface area contributed by atoms with E-state index in [1.807, 2.05) is 0 Å². The van der Waals surface area contributed by atoms with Crippen LogP contribution in [0, 0.1) is 23.7 Å². The van der Waals surface area contributed by atoms with Gasteiger partial charge < -0.3 is 9.31 Å². The van der Waals surface area contributed by atoms with E-state index in [-0.39, 0.29) is 23.7 Å². The Kier molecular flexibility index (Phi) is 4.37. The van der Waals surface area contributed by atoms with Crippen LogP contribution in [0.15, 0.2) is 66.7 Å². The number of benzene rings is 4. The van der Waals surface area contributed by atoms with E-state index in [4.69, 9.17) is 9.31 Å². The summed E-state index contributed by atoms with van der Waals surface area (Å²) < 4.78 is 12.9. The Bertz CT molecular complexity index is 1650. The van der Waals surface area contributed by atoms with Crippen LogP contribution in [0.1, 0.15) is 70.9 Å². The molecule has 2 nitrogen and oxygen atoms in total. The van der Waals surface area contributed by atoms with Gasteiger partial charge in [0, 0.05) is 5.41 Å². The zero-order chi connectivity index (χ0) is 26.3. The summed E-state index contributed by atoms with van der Waals surface area (Å²) in [6.45, 7) is 8.55. The predicted molar refractivity (Wildman–Crippen MR) is 160 cm³/mol. The van der Waals surface area contributed by atoms with Crippen molar-refractivity contribution in [1.29, 1.82) is 0 Å². The van der Waals surface area contributed by atoms with E-state index in [0.29, 0.717) is 0 Å². The first-order chi connectivity index (χ1) is 18.7. The SMILES string of the molecule is CC1(C)OB(c2ccc3cc4c(cc3c2)C2(c3cc5ccccc5cc3-4)C3CC4CC(C3)CC2C4)OC1(C)C. The average molecular weight is 513 g/mol. The maximum absolute atomic E-state index is 6.45. The number of rotatable bonds is 1. The molecule has 0 amide bonds. The zero-order valence-electron chi connectivity index (χ0n) is 23.6. The molecule has 5 aliphatic carbocycles. The van der Waals surface area contributed by atoms with Gasteiger partial charge in [-0.25, -0.2) is 0 Å². The molecule has 39 heavy (non-hydrogen) atoms. The summed E-state index contributed by atoms with van der Waals surface area (Å²) in [4.78, 5) is 0. The lowest BCUT2D eigenvalue weighted by Crippen LogP contribution is -2.55. The third-order valence-corrected chi connectivity index (χ3v) is 12.0. The molecule has 4 saturated carbocycles. The highest BCUT2D eigenvalue weighted by Crippen LogP contribution is 2.69. The fourth-order valence-corrected chi connectivity index (χ4v) is 9.76. The van der Waals surface area contributed by atoms with Gasteiger partial charge in [0.2, 0.25) is 0 Å². The predicted octanol–water partition coefficient (Wildman–Crippen LogP) is 8.01. The van der Waals surface area contributed by atoms with E-state index in [0.717, 1.165) is 29.1 Å². The summed E-state index contributed by atoms with van der Waals surface area (Å²) in [5.74, 6) is 3.42. The fourth-order valence-electron chi connectivity index (χ4n) is 9.76. The van der Waals surface area contributed by atoms with Crippen LogP contribution >= 0.6 is 0 Å². The third kappa shape index (κ3) is 2.91. The second kappa shape index (κ2) is 7.36. The van der Waals surface area contributed by atoms with Crippen molar-refractivity contribution in [2.45, 2.75) is 76.4 Å². The zero-order valence-corrected chi connectivity index (χ0v) is 23.6. The highest BCUT2D eigenvalue weighted by Gasteiger charge is 2.61. The first-order valence-electron chi connectivity index (χ1n) is 15.2. The Balaban J connectivity index is 1.27. The highest BCUT2D eigenvalue weighted by atomic mass is 16.7. The van der Waals surface area contributed by atoms with Crippen LogP contribution in [-0.4, -0.2) is 18.3 Å². The molecule has 1 spiro atoms. The Morgan fingerprint density at radius 1 is 0.590 bits per heavy atom. The molecule has 10 rings (SSSR count). The molecule has 6 aliphatic rings. The van der Waals surface area contributed by atoms with Crippen LogP contribution in [0.4, 0.5) is 0 Å². The van der Waals surface area contributed by atoms with Crippen molar-refractivity contribution >= 4 is 34.1 Å². The third-order valence-electron chi connectivity index (χ3n) is 12.0. The van der Waals surface area contributed by atoms with Gasteiger partial charge in [-0.05, 0) is 157 Å². The second-order valence-electron chi connectivity index (χ2n) is 14.5. The minimum Gasteiger partial charge on any atom is -0.399 e. The summed E-state index contributed by atoms with van der Waals surface area (Å²) >= 11 is 0.